The summed E-state index contributed by atoms with van der Waals surface area (Å²) < 4.78 is 0. The lowest BCUT2D eigenvalue weighted by molar-refractivity contribution is 0.0694. The van der Waals surface area contributed by atoms with Crippen molar-refractivity contribution in [1.82, 2.24) is 0 Å². The fourth-order valence-electron chi connectivity index (χ4n) is 2.06. The van der Waals surface area contributed by atoms with E-state index in [0.717, 1.165) is 36.5 Å². The topological polar surface area (TPSA) is 40.5 Å². The van der Waals surface area contributed by atoms with E-state index < -0.39 is 5.97 Å². The molecule has 0 unspecified atom stereocenters. The van der Waals surface area contributed by atoms with Gasteiger partial charge in [0.15, 0.2) is 0 Å². The molecule has 0 aromatic heterocycles. The fraction of sp³-hybridized carbons (Fsp3) is 0.500. The zero-order chi connectivity index (χ0) is 13.5. The van der Waals surface area contributed by atoms with Gasteiger partial charge in [0.1, 0.15) is 0 Å². The molecule has 0 saturated heterocycles. The summed E-state index contributed by atoms with van der Waals surface area (Å²) in [5, 5.41) is 9.42. The average Bonchev–Trinajstić information content (AvgIpc) is 2.37. The van der Waals surface area contributed by atoms with Gasteiger partial charge in [-0.15, -0.1) is 11.8 Å². The third kappa shape index (κ3) is 3.42. The van der Waals surface area contributed by atoms with Crippen molar-refractivity contribution in [1.29, 1.82) is 0 Å². The number of anilines is 1. The molecule has 0 bridgehead atoms. The highest BCUT2D eigenvalue weighted by atomic mass is 32.2. The first kappa shape index (κ1) is 14.9. The average molecular weight is 267 g/mol. The number of rotatable bonds is 7. The summed E-state index contributed by atoms with van der Waals surface area (Å²) in [6.07, 6.45) is 3.95. The Balaban J connectivity index is 3.23. The number of hydrogen-bond acceptors (Lipinski definition) is 3. The number of carbonyl (C=O) groups is 1. The normalized spacial score (nSPS) is 10.4. The van der Waals surface area contributed by atoms with E-state index in [0.29, 0.717) is 5.56 Å². The maximum absolute atomic E-state index is 11.5. The van der Waals surface area contributed by atoms with Gasteiger partial charge >= 0.3 is 5.97 Å². The lowest BCUT2D eigenvalue weighted by Crippen LogP contribution is -2.27. The van der Waals surface area contributed by atoms with Crippen molar-refractivity contribution in [3.63, 3.8) is 0 Å². The van der Waals surface area contributed by atoms with Crippen molar-refractivity contribution in [3.05, 3.63) is 23.8 Å². The molecule has 100 valence electrons. The third-order valence-corrected chi connectivity index (χ3v) is 3.55. The van der Waals surface area contributed by atoms with Crippen molar-refractivity contribution >= 4 is 23.4 Å². The van der Waals surface area contributed by atoms with Crippen LogP contribution in [-0.2, 0) is 0 Å². The Hall–Kier alpha value is -1.16. The van der Waals surface area contributed by atoms with Gasteiger partial charge in [0.25, 0.3) is 0 Å². The van der Waals surface area contributed by atoms with Crippen molar-refractivity contribution in [2.45, 2.75) is 31.6 Å². The second-order valence-corrected chi connectivity index (χ2v) is 4.99. The van der Waals surface area contributed by atoms with Gasteiger partial charge in [0.05, 0.1) is 11.3 Å². The van der Waals surface area contributed by atoms with Crippen LogP contribution in [0.4, 0.5) is 5.69 Å². The summed E-state index contributed by atoms with van der Waals surface area (Å²) in [6, 6.07) is 5.72. The second-order valence-electron chi connectivity index (χ2n) is 4.15. The maximum atomic E-state index is 11.5. The summed E-state index contributed by atoms with van der Waals surface area (Å²) in [6.45, 7) is 6.01. The second kappa shape index (κ2) is 7.31. The largest absolute Gasteiger partial charge is 0.478 e. The van der Waals surface area contributed by atoms with Gasteiger partial charge in [0, 0.05) is 18.0 Å². The molecule has 0 aliphatic heterocycles. The minimum atomic E-state index is -0.841. The quantitative estimate of drug-likeness (QED) is 0.764. The molecule has 1 rings (SSSR count). The van der Waals surface area contributed by atoms with E-state index in [2.05, 4.69) is 18.7 Å². The Kier molecular flexibility index (Phi) is 6.05. The number of hydrogen-bond donors (Lipinski definition) is 1. The fourth-order valence-corrected chi connectivity index (χ4v) is 2.67. The molecule has 1 aromatic carbocycles. The molecule has 0 aliphatic carbocycles. The highest BCUT2D eigenvalue weighted by molar-refractivity contribution is 7.98. The monoisotopic (exact) mass is 267 g/mol. The standard InChI is InChI=1S/C14H21NO2S/c1-4-9-15(10-5-2)11-7-6-8-12(18-3)13(11)14(16)17/h6-8H,4-5,9-10H2,1-3H3,(H,16,17). The van der Waals surface area contributed by atoms with E-state index in [9.17, 15) is 9.90 Å². The molecule has 0 aliphatic rings. The van der Waals surface area contributed by atoms with Crippen molar-refractivity contribution < 1.29 is 9.90 Å². The SMILES string of the molecule is CCCN(CCC)c1cccc(SC)c1C(=O)O. The van der Waals surface area contributed by atoms with Crippen LogP contribution >= 0.6 is 11.8 Å². The van der Waals surface area contributed by atoms with E-state index >= 15 is 0 Å². The Labute approximate surface area is 113 Å². The summed E-state index contributed by atoms with van der Waals surface area (Å²) in [5.41, 5.74) is 1.28. The first-order valence-corrected chi connectivity index (χ1v) is 7.53. The summed E-state index contributed by atoms with van der Waals surface area (Å²) in [4.78, 5) is 14.5. The molecule has 0 amide bonds. The predicted molar refractivity (Wildman–Crippen MR) is 78.0 cm³/mol. The van der Waals surface area contributed by atoms with E-state index in [4.69, 9.17) is 0 Å². The summed E-state index contributed by atoms with van der Waals surface area (Å²) in [7, 11) is 0. The number of benzene rings is 1. The van der Waals surface area contributed by atoms with Crippen LogP contribution in [-0.4, -0.2) is 30.4 Å². The molecule has 0 atom stereocenters. The summed E-state index contributed by atoms with van der Waals surface area (Å²) >= 11 is 1.48. The predicted octanol–water partition coefficient (Wildman–Crippen LogP) is 3.73. The Morgan fingerprint density at radius 1 is 1.28 bits per heavy atom. The van der Waals surface area contributed by atoms with E-state index in [1.165, 1.54) is 11.8 Å². The molecule has 18 heavy (non-hydrogen) atoms. The van der Waals surface area contributed by atoms with Gasteiger partial charge in [-0.2, -0.15) is 0 Å². The minimum absolute atomic E-state index is 0.437. The molecular formula is C14H21NO2S. The Morgan fingerprint density at radius 2 is 1.89 bits per heavy atom. The Bertz CT molecular complexity index is 401. The van der Waals surface area contributed by atoms with E-state index in [1.54, 1.807) is 0 Å². The molecule has 0 radical (unpaired) electrons. The molecule has 0 saturated carbocycles. The minimum Gasteiger partial charge on any atom is -0.478 e. The Morgan fingerprint density at radius 3 is 2.33 bits per heavy atom. The van der Waals surface area contributed by atoms with Crippen LogP contribution in [0.25, 0.3) is 0 Å². The molecule has 4 heteroatoms. The number of nitrogens with zero attached hydrogens (tertiary/aromatic N) is 1. The van der Waals surface area contributed by atoms with Crippen LogP contribution in [0.3, 0.4) is 0 Å². The number of carboxylic acids is 1. The molecule has 0 heterocycles. The first-order chi connectivity index (χ1) is 8.65. The van der Waals surface area contributed by atoms with Crippen LogP contribution in [0.15, 0.2) is 23.1 Å². The zero-order valence-corrected chi connectivity index (χ0v) is 12.1. The molecule has 0 spiro atoms. The van der Waals surface area contributed by atoms with Crippen LogP contribution in [0.2, 0.25) is 0 Å². The van der Waals surface area contributed by atoms with Crippen molar-refractivity contribution in [2.24, 2.45) is 0 Å². The third-order valence-electron chi connectivity index (χ3n) is 2.77. The van der Waals surface area contributed by atoms with Crippen molar-refractivity contribution in [3.8, 4) is 0 Å². The van der Waals surface area contributed by atoms with Gasteiger partial charge < -0.3 is 10.0 Å². The number of thioether (sulfide) groups is 1. The summed E-state index contributed by atoms with van der Waals surface area (Å²) in [5.74, 6) is -0.841. The highest BCUT2D eigenvalue weighted by Gasteiger charge is 2.18. The molecular weight excluding hydrogens is 246 g/mol. The molecule has 3 nitrogen and oxygen atoms in total. The lowest BCUT2D eigenvalue weighted by atomic mass is 10.1. The number of aromatic carboxylic acids is 1. The van der Waals surface area contributed by atoms with Crippen molar-refractivity contribution in [2.75, 3.05) is 24.2 Å². The van der Waals surface area contributed by atoms with Gasteiger partial charge in [0.2, 0.25) is 0 Å². The van der Waals surface area contributed by atoms with Gasteiger partial charge in [-0.1, -0.05) is 19.9 Å². The number of carboxylic acid groups (broad SMARTS) is 1. The van der Waals surface area contributed by atoms with E-state index in [-0.39, 0.29) is 0 Å². The van der Waals surface area contributed by atoms with Crippen LogP contribution in [0.1, 0.15) is 37.0 Å². The molecule has 1 N–H and O–H groups in total. The van der Waals surface area contributed by atoms with Gasteiger partial charge in [-0.3, -0.25) is 0 Å². The molecule has 0 fully saturated rings. The van der Waals surface area contributed by atoms with Gasteiger partial charge in [-0.25, -0.2) is 4.79 Å². The van der Waals surface area contributed by atoms with Crippen LogP contribution < -0.4 is 4.90 Å². The highest BCUT2D eigenvalue weighted by Crippen LogP contribution is 2.30. The first-order valence-electron chi connectivity index (χ1n) is 6.30. The van der Waals surface area contributed by atoms with Gasteiger partial charge in [-0.05, 0) is 31.2 Å². The lowest BCUT2D eigenvalue weighted by Gasteiger charge is -2.26. The van der Waals surface area contributed by atoms with Crippen LogP contribution in [0, 0.1) is 0 Å². The van der Waals surface area contributed by atoms with E-state index in [1.807, 2.05) is 24.5 Å². The zero-order valence-electron chi connectivity index (χ0n) is 11.3. The van der Waals surface area contributed by atoms with Crippen LogP contribution in [0.5, 0.6) is 0 Å². The smallest absolute Gasteiger partial charge is 0.338 e. The molecule has 1 aromatic rings. The maximum Gasteiger partial charge on any atom is 0.338 e.